The maximum absolute atomic E-state index is 5.76. The van der Waals surface area contributed by atoms with E-state index in [9.17, 15) is 0 Å². The van der Waals surface area contributed by atoms with Crippen LogP contribution in [-0.4, -0.2) is 36.0 Å². The number of piperidine rings is 1. The van der Waals surface area contributed by atoms with Crippen LogP contribution in [-0.2, 0) is 13.1 Å². The summed E-state index contributed by atoms with van der Waals surface area (Å²) in [6, 6.07) is 8.25. The molecule has 2 aromatic rings. The molecule has 2 saturated heterocycles. The molecule has 2 aliphatic heterocycles. The van der Waals surface area contributed by atoms with Crippen LogP contribution in [0.2, 0.25) is 0 Å². The SMILES string of the molecule is Cc1ccc(CN2CCC[C@@]3(CCN(Cc4ccco4)C3)C2)o1. The highest BCUT2D eigenvalue weighted by Crippen LogP contribution is 2.39. The zero-order chi connectivity index (χ0) is 15.7. The molecule has 0 N–H and O–H groups in total. The van der Waals surface area contributed by atoms with E-state index in [1.807, 2.05) is 13.0 Å². The van der Waals surface area contributed by atoms with Crippen molar-refractivity contribution >= 4 is 0 Å². The number of aryl methyl sites for hydroxylation is 1. The van der Waals surface area contributed by atoms with E-state index in [2.05, 4.69) is 28.0 Å². The van der Waals surface area contributed by atoms with Crippen molar-refractivity contribution in [2.24, 2.45) is 5.41 Å². The summed E-state index contributed by atoms with van der Waals surface area (Å²) in [5.41, 5.74) is 0.465. The lowest BCUT2D eigenvalue weighted by atomic mass is 9.79. The molecule has 0 aliphatic carbocycles. The Bertz CT molecular complexity index is 634. The average Bonchev–Trinajstić information content (AvgIpc) is 3.24. The Hall–Kier alpha value is -1.52. The summed E-state index contributed by atoms with van der Waals surface area (Å²) >= 11 is 0. The maximum atomic E-state index is 5.76. The van der Waals surface area contributed by atoms with Gasteiger partial charge in [-0.2, -0.15) is 0 Å². The van der Waals surface area contributed by atoms with E-state index in [0.29, 0.717) is 5.41 Å². The Morgan fingerprint density at radius 2 is 1.83 bits per heavy atom. The molecule has 4 nitrogen and oxygen atoms in total. The van der Waals surface area contributed by atoms with Crippen molar-refractivity contribution in [3.8, 4) is 0 Å². The van der Waals surface area contributed by atoms with Crippen molar-refractivity contribution in [1.29, 1.82) is 0 Å². The zero-order valence-corrected chi connectivity index (χ0v) is 14.0. The Morgan fingerprint density at radius 1 is 1.00 bits per heavy atom. The van der Waals surface area contributed by atoms with Gasteiger partial charge in [-0.1, -0.05) is 0 Å². The van der Waals surface area contributed by atoms with E-state index in [-0.39, 0.29) is 0 Å². The third-order valence-corrected chi connectivity index (χ3v) is 5.39. The number of likely N-dealkylation sites (tertiary alicyclic amines) is 2. The standard InChI is InChI=1S/C19H26N2O2/c1-16-5-6-18(23-16)13-20-9-3-7-19(14-20)8-10-21(15-19)12-17-4-2-11-22-17/h2,4-6,11H,3,7-10,12-15H2,1H3/t19-/m1/s1. The lowest BCUT2D eigenvalue weighted by Crippen LogP contribution is -2.44. The normalized spacial score (nSPS) is 26.3. The van der Waals surface area contributed by atoms with Crippen LogP contribution in [0.25, 0.3) is 0 Å². The topological polar surface area (TPSA) is 32.8 Å². The minimum absolute atomic E-state index is 0.465. The molecule has 2 aromatic heterocycles. The van der Waals surface area contributed by atoms with Crippen LogP contribution in [0.5, 0.6) is 0 Å². The van der Waals surface area contributed by atoms with E-state index in [0.717, 1.165) is 30.4 Å². The number of hydrogen-bond donors (Lipinski definition) is 0. The van der Waals surface area contributed by atoms with Gasteiger partial charge < -0.3 is 8.83 Å². The van der Waals surface area contributed by atoms with E-state index < -0.39 is 0 Å². The summed E-state index contributed by atoms with van der Waals surface area (Å²) in [4.78, 5) is 5.14. The van der Waals surface area contributed by atoms with E-state index in [4.69, 9.17) is 8.83 Å². The predicted molar refractivity (Wildman–Crippen MR) is 89.0 cm³/mol. The fraction of sp³-hybridized carbons (Fsp3) is 0.579. The zero-order valence-electron chi connectivity index (χ0n) is 14.0. The molecule has 0 bridgehead atoms. The minimum Gasteiger partial charge on any atom is -0.468 e. The summed E-state index contributed by atoms with van der Waals surface area (Å²) in [7, 11) is 0. The van der Waals surface area contributed by atoms with E-state index >= 15 is 0 Å². The molecule has 0 unspecified atom stereocenters. The molecule has 4 heteroatoms. The van der Waals surface area contributed by atoms with Gasteiger partial charge in [0.2, 0.25) is 0 Å². The third kappa shape index (κ3) is 3.38. The number of nitrogens with zero attached hydrogens (tertiary/aromatic N) is 2. The summed E-state index contributed by atoms with van der Waals surface area (Å²) in [6.45, 7) is 8.70. The molecular weight excluding hydrogens is 288 g/mol. The summed E-state index contributed by atoms with van der Waals surface area (Å²) in [5.74, 6) is 3.20. The van der Waals surface area contributed by atoms with E-state index in [1.165, 1.54) is 45.4 Å². The number of hydrogen-bond acceptors (Lipinski definition) is 4. The van der Waals surface area contributed by atoms with Gasteiger partial charge in [0.05, 0.1) is 19.4 Å². The first-order valence-electron chi connectivity index (χ1n) is 8.73. The molecule has 124 valence electrons. The Balaban J connectivity index is 1.37. The van der Waals surface area contributed by atoms with Crippen LogP contribution in [0.3, 0.4) is 0 Å². The van der Waals surface area contributed by atoms with Crippen LogP contribution in [0.1, 0.15) is 36.5 Å². The molecule has 0 radical (unpaired) electrons. The fourth-order valence-corrected chi connectivity index (χ4v) is 4.35. The van der Waals surface area contributed by atoms with Crippen molar-refractivity contribution in [3.05, 3.63) is 47.8 Å². The van der Waals surface area contributed by atoms with Crippen LogP contribution < -0.4 is 0 Å². The van der Waals surface area contributed by atoms with Crippen molar-refractivity contribution in [2.45, 2.75) is 39.3 Å². The Labute approximate surface area is 138 Å². The highest BCUT2D eigenvalue weighted by Gasteiger charge is 2.41. The van der Waals surface area contributed by atoms with Crippen LogP contribution in [0.4, 0.5) is 0 Å². The monoisotopic (exact) mass is 314 g/mol. The fourth-order valence-electron chi connectivity index (χ4n) is 4.35. The second-order valence-corrected chi connectivity index (χ2v) is 7.37. The van der Waals surface area contributed by atoms with Crippen LogP contribution in [0.15, 0.2) is 39.4 Å². The largest absolute Gasteiger partial charge is 0.468 e. The van der Waals surface area contributed by atoms with Crippen LogP contribution in [0, 0.1) is 12.3 Å². The summed E-state index contributed by atoms with van der Waals surface area (Å²) < 4.78 is 11.3. The van der Waals surface area contributed by atoms with Crippen molar-refractivity contribution in [1.82, 2.24) is 9.80 Å². The lowest BCUT2D eigenvalue weighted by molar-refractivity contribution is 0.0806. The van der Waals surface area contributed by atoms with Gasteiger partial charge in [0.1, 0.15) is 17.3 Å². The summed E-state index contributed by atoms with van der Waals surface area (Å²) in [5, 5.41) is 0. The van der Waals surface area contributed by atoms with Gasteiger partial charge in [-0.05, 0) is 69.0 Å². The minimum atomic E-state index is 0.465. The first-order valence-corrected chi connectivity index (χ1v) is 8.73. The highest BCUT2D eigenvalue weighted by molar-refractivity contribution is 5.06. The molecule has 0 saturated carbocycles. The van der Waals surface area contributed by atoms with Crippen LogP contribution >= 0.6 is 0 Å². The average molecular weight is 314 g/mol. The highest BCUT2D eigenvalue weighted by atomic mass is 16.3. The molecule has 1 atom stereocenters. The Kier molecular flexibility index (Phi) is 4.04. The molecule has 2 aliphatic rings. The third-order valence-electron chi connectivity index (χ3n) is 5.39. The van der Waals surface area contributed by atoms with Crippen molar-refractivity contribution in [3.63, 3.8) is 0 Å². The Morgan fingerprint density at radius 3 is 2.57 bits per heavy atom. The number of rotatable bonds is 4. The molecule has 4 heterocycles. The van der Waals surface area contributed by atoms with E-state index in [1.54, 1.807) is 6.26 Å². The van der Waals surface area contributed by atoms with Gasteiger partial charge in [0.15, 0.2) is 0 Å². The number of furan rings is 2. The molecule has 2 fully saturated rings. The maximum Gasteiger partial charge on any atom is 0.118 e. The molecule has 23 heavy (non-hydrogen) atoms. The van der Waals surface area contributed by atoms with Crippen molar-refractivity contribution in [2.75, 3.05) is 26.2 Å². The van der Waals surface area contributed by atoms with Crippen molar-refractivity contribution < 1.29 is 8.83 Å². The van der Waals surface area contributed by atoms with Gasteiger partial charge in [-0.3, -0.25) is 9.80 Å². The van der Waals surface area contributed by atoms with Gasteiger partial charge in [-0.25, -0.2) is 0 Å². The second kappa shape index (κ2) is 6.17. The molecule has 0 aromatic carbocycles. The molecule has 0 amide bonds. The predicted octanol–water partition coefficient (Wildman–Crippen LogP) is 3.67. The lowest BCUT2D eigenvalue weighted by Gasteiger charge is -2.40. The molecule has 1 spiro atoms. The smallest absolute Gasteiger partial charge is 0.118 e. The summed E-state index contributed by atoms with van der Waals surface area (Å²) in [6.07, 6.45) is 5.74. The van der Waals surface area contributed by atoms with Gasteiger partial charge in [0.25, 0.3) is 0 Å². The first-order chi connectivity index (χ1) is 11.2. The van der Waals surface area contributed by atoms with Gasteiger partial charge in [-0.15, -0.1) is 0 Å². The second-order valence-electron chi connectivity index (χ2n) is 7.37. The van der Waals surface area contributed by atoms with Gasteiger partial charge >= 0.3 is 0 Å². The molecule has 4 rings (SSSR count). The van der Waals surface area contributed by atoms with Gasteiger partial charge in [0, 0.05) is 13.1 Å². The molecular formula is C19H26N2O2. The quantitative estimate of drug-likeness (QED) is 0.862. The first kappa shape index (κ1) is 15.0.